The van der Waals surface area contributed by atoms with Crippen LogP contribution >= 0.6 is 0 Å². The molecule has 0 amide bonds. The van der Waals surface area contributed by atoms with Crippen LogP contribution in [0.1, 0.15) is 26.7 Å². The van der Waals surface area contributed by atoms with E-state index in [-0.39, 0.29) is 5.54 Å². The van der Waals surface area contributed by atoms with Gasteiger partial charge in [0.1, 0.15) is 5.54 Å². The van der Waals surface area contributed by atoms with Crippen LogP contribution < -0.4 is 5.32 Å². The van der Waals surface area contributed by atoms with Crippen LogP contribution in [0.3, 0.4) is 0 Å². The molecule has 0 bridgehead atoms. The van der Waals surface area contributed by atoms with E-state index < -0.39 is 0 Å². The second-order valence-electron chi connectivity index (χ2n) is 4.49. The van der Waals surface area contributed by atoms with Gasteiger partial charge < -0.3 is 4.90 Å². The Labute approximate surface area is 92.8 Å². The van der Waals surface area contributed by atoms with Gasteiger partial charge in [-0.25, -0.2) is 0 Å². The van der Waals surface area contributed by atoms with E-state index in [1.807, 2.05) is 6.08 Å². The molecular weight excluding hydrogens is 186 g/mol. The normalized spacial score (nSPS) is 21.2. The summed E-state index contributed by atoms with van der Waals surface area (Å²) in [6, 6.07) is 3.01. The summed E-state index contributed by atoms with van der Waals surface area (Å²) < 4.78 is 0. The second kappa shape index (κ2) is 5.29. The first kappa shape index (κ1) is 12.2. The Balaban J connectivity index is 2.51. The molecule has 0 aliphatic carbocycles. The summed E-state index contributed by atoms with van der Waals surface area (Å²) in [5, 5.41) is 12.5. The van der Waals surface area contributed by atoms with Gasteiger partial charge in [-0.3, -0.25) is 5.32 Å². The van der Waals surface area contributed by atoms with E-state index in [1.54, 1.807) is 0 Å². The highest BCUT2D eigenvalue weighted by atomic mass is 15.2. The molecule has 3 heteroatoms. The van der Waals surface area contributed by atoms with Gasteiger partial charge in [0.25, 0.3) is 0 Å². The van der Waals surface area contributed by atoms with Gasteiger partial charge in [0.15, 0.2) is 0 Å². The molecule has 1 aliphatic heterocycles. The molecule has 0 atom stereocenters. The van der Waals surface area contributed by atoms with Crippen molar-refractivity contribution in [2.75, 3.05) is 19.6 Å². The van der Waals surface area contributed by atoms with Crippen LogP contribution in [0, 0.1) is 11.3 Å². The Kier molecular flexibility index (Phi) is 4.31. The summed E-state index contributed by atoms with van der Waals surface area (Å²) in [4.78, 5) is 2.42. The highest BCUT2D eigenvalue weighted by molar-refractivity contribution is 5.10. The van der Waals surface area contributed by atoms with Gasteiger partial charge >= 0.3 is 0 Å². The van der Waals surface area contributed by atoms with E-state index in [0.29, 0.717) is 6.04 Å². The van der Waals surface area contributed by atoms with E-state index in [1.165, 1.54) is 0 Å². The van der Waals surface area contributed by atoms with Crippen molar-refractivity contribution in [3.63, 3.8) is 0 Å². The number of likely N-dealkylation sites (tertiary alicyclic amines) is 1. The summed E-state index contributed by atoms with van der Waals surface area (Å²) >= 11 is 0. The number of piperidine rings is 1. The third kappa shape index (κ3) is 3.05. The van der Waals surface area contributed by atoms with Crippen LogP contribution in [-0.2, 0) is 0 Å². The zero-order valence-electron chi connectivity index (χ0n) is 9.79. The first-order valence-electron chi connectivity index (χ1n) is 5.65. The average Bonchev–Trinajstić information content (AvgIpc) is 2.27. The van der Waals surface area contributed by atoms with Crippen molar-refractivity contribution in [2.45, 2.75) is 38.3 Å². The maximum absolute atomic E-state index is 9.23. The van der Waals surface area contributed by atoms with Gasteiger partial charge in [0, 0.05) is 25.7 Å². The van der Waals surface area contributed by atoms with Gasteiger partial charge in [-0.15, -0.1) is 6.58 Å². The number of rotatable bonds is 4. The van der Waals surface area contributed by atoms with E-state index in [9.17, 15) is 5.26 Å². The van der Waals surface area contributed by atoms with Gasteiger partial charge in [-0.1, -0.05) is 6.08 Å². The fourth-order valence-electron chi connectivity index (χ4n) is 2.02. The summed E-state index contributed by atoms with van der Waals surface area (Å²) in [7, 11) is 0. The van der Waals surface area contributed by atoms with Crippen molar-refractivity contribution in [3.8, 4) is 6.07 Å². The third-order valence-electron chi connectivity index (χ3n) is 3.18. The lowest BCUT2D eigenvalue weighted by molar-refractivity contribution is 0.138. The molecule has 1 heterocycles. The molecule has 1 aliphatic rings. The molecule has 1 N–H and O–H groups in total. The molecule has 84 valence electrons. The first-order valence-corrected chi connectivity index (χ1v) is 5.65. The van der Waals surface area contributed by atoms with E-state index >= 15 is 0 Å². The summed E-state index contributed by atoms with van der Waals surface area (Å²) in [6.45, 7) is 10.8. The van der Waals surface area contributed by atoms with E-state index in [0.717, 1.165) is 32.5 Å². The lowest BCUT2D eigenvalue weighted by Crippen LogP contribution is -2.53. The molecule has 15 heavy (non-hydrogen) atoms. The minimum Gasteiger partial charge on any atom is -0.301 e. The number of nitrogens with zero attached hydrogens (tertiary/aromatic N) is 2. The molecular formula is C12H21N3. The summed E-state index contributed by atoms with van der Waals surface area (Å²) in [5.74, 6) is 0. The number of hydrogen-bond donors (Lipinski definition) is 1. The molecule has 0 aromatic carbocycles. The fourth-order valence-corrected chi connectivity index (χ4v) is 2.02. The fraction of sp³-hybridized carbons (Fsp3) is 0.750. The lowest BCUT2D eigenvalue weighted by Gasteiger charge is -2.39. The molecule has 1 fully saturated rings. The predicted octanol–water partition coefficient (Wildman–Crippen LogP) is 1.53. The number of nitriles is 1. The minimum atomic E-state index is -0.320. The summed E-state index contributed by atoms with van der Waals surface area (Å²) in [5.41, 5.74) is -0.320. The molecule has 0 aromatic heterocycles. The SMILES string of the molecule is C=CCNC1(C#N)CCN(C(C)C)CC1. The molecule has 0 radical (unpaired) electrons. The first-order chi connectivity index (χ1) is 7.13. The van der Waals surface area contributed by atoms with E-state index in [4.69, 9.17) is 0 Å². The highest BCUT2D eigenvalue weighted by Gasteiger charge is 2.34. The topological polar surface area (TPSA) is 39.1 Å². The van der Waals surface area contributed by atoms with Crippen molar-refractivity contribution < 1.29 is 0 Å². The van der Waals surface area contributed by atoms with Crippen LogP contribution in [0.4, 0.5) is 0 Å². The van der Waals surface area contributed by atoms with Crippen molar-refractivity contribution in [3.05, 3.63) is 12.7 Å². The quantitative estimate of drug-likeness (QED) is 0.711. The minimum absolute atomic E-state index is 0.320. The van der Waals surface area contributed by atoms with Crippen molar-refractivity contribution in [1.82, 2.24) is 10.2 Å². The van der Waals surface area contributed by atoms with Crippen LogP contribution in [0.25, 0.3) is 0 Å². The largest absolute Gasteiger partial charge is 0.301 e. The van der Waals surface area contributed by atoms with Crippen LogP contribution in [-0.4, -0.2) is 36.1 Å². The Morgan fingerprint density at radius 2 is 2.13 bits per heavy atom. The Morgan fingerprint density at radius 3 is 2.53 bits per heavy atom. The third-order valence-corrected chi connectivity index (χ3v) is 3.18. The maximum Gasteiger partial charge on any atom is 0.109 e. The highest BCUT2D eigenvalue weighted by Crippen LogP contribution is 2.22. The number of hydrogen-bond acceptors (Lipinski definition) is 3. The molecule has 0 aromatic rings. The maximum atomic E-state index is 9.23. The Hall–Kier alpha value is -0.850. The number of nitrogens with one attached hydrogen (secondary N) is 1. The Bertz CT molecular complexity index is 244. The molecule has 1 rings (SSSR count). The van der Waals surface area contributed by atoms with Gasteiger partial charge in [0.05, 0.1) is 6.07 Å². The zero-order chi connectivity index (χ0) is 11.3. The Morgan fingerprint density at radius 1 is 1.53 bits per heavy atom. The molecule has 0 saturated carbocycles. The zero-order valence-corrected chi connectivity index (χ0v) is 9.79. The molecule has 0 unspecified atom stereocenters. The van der Waals surface area contributed by atoms with Gasteiger partial charge in [0.2, 0.25) is 0 Å². The van der Waals surface area contributed by atoms with E-state index in [2.05, 4.69) is 36.7 Å². The van der Waals surface area contributed by atoms with Crippen LogP contribution in [0.15, 0.2) is 12.7 Å². The average molecular weight is 207 g/mol. The smallest absolute Gasteiger partial charge is 0.109 e. The lowest BCUT2D eigenvalue weighted by atomic mass is 9.88. The van der Waals surface area contributed by atoms with Crippen LogP contribution in [0.2, 0.25) is 0 Å². The van der Waals surface area contributed by atoms with Crippen molar-refractivity contribution in [1.29, 1.82) is 5.26 Å². The van der Waals surface area contributed by atoms with Crippen LogP contribution in [0.5, 0.6) is 0 Å². The predicted molar refractivity (Wildman–Crippen MR) is 62.5 cm³/mol. The van der Waals surface area contributed by atoms with Crippen molar-refractivity contribution in [2.24, 2.45) is 0 Å². The van der Waals surface area contributed by atoms with Gasteiger partial charge in [-0.2, -0.15) is 5.26 Å². The summed E-state index contributed by atoms with van der Waals surface area (Å²) in [6.07, 6.45) is 3.64. The molecule has 3 nitrogen and oxygen atoms in total. The van der Waals surface area contributed by atoms with Gasteiger partial charge in [-0.05, 0) is 26.7 Å². The molecule has 0 spiro atoms. The molecule has 1 saturated heterocycles. The second-order valence-corrected chi connectivity index (χ2v) is 4.49. The standard InChI is InChI=1S/C12H21N3/c1-4-7-14-12(10-13)5-8-15(9-6-12)11(2)3/h4,11,14H,1,5-9H2,2-3H3. The van der Waals surface area contributed by atoms with Crippen molar-refractivity contribution >= 4 is 0 Å². The monoisotopic (exact) mass is 207 g/mol.